The molecule has 1 aliphatic heterocycles. The van der Waals surface area contributed by atoms with Crippen LogP contribution in [0.2, 0.25) is 0 Å². The van der Waals surface area contributed by atoms with E-state index >= 15 is 0 Å². The topological polar surface area (TPSA) is 83.1 Å². The van der Waals surface area contributed by atoms with Gasteiger partial charge in [0.25, 0.3) is 0 Å². The number of rotatable bonds is 7. The van der Waals surface area contributed by atoms with Gasteiger partial charge in [0.1, 0.15) is 17.4 Å². The molecule has 4 aromatic rings. The first-order valence-electron chi connectivity index (χ1n) is 11.1. The summed E-state index contributed by atoms with van der Waals surface area (Å²) in [5.74, 6) is 1.07. The Morgan fingerprint density at radius 2 is 2.00 bits per heavy atom. The van der Waals surface area contributed by atoms with Crippen molar-refractivity contribution in [2.75, 3.05) is 20.1 Å². The Labute approximate surface area is 196 Å². The van der Waals surface area contributed by atoms with Crippen LogP contribution in [-0.2, 0) is 13.2 Å². The lowest BCUT2D eigenvalue weighted by Gasteiger charge is -2.18. The average molecular weight is 462 g/mol. The van der Waals surface area contributed by atoms with E-state index in [4.69, 9.17) is 4.74 Å². The molecule has 2 aromatic carbocycles. The Morgan fingerprint density at radius 3 is 2.79 bits per heavy atom. The standard InChI is InChI=1S/C25H27N5O2S/c1-16-11-18(20-5-3-4-6-22(20)27-16)15-32-19-9-7-17(8-10-19)12-26-23-14-30(2)13-21(23)24-28-29-25(31)33-24/h3-11,21,23,26H,12-15H2,1-2H3,(H,29,31)/t21-,23+/m0/s1. The predicted octanol–water partition coefficient (Wildman–Crippen LogP) is 3.45. The monoisotopic (exact) mass is 461 g/mol. The van der Waals surface area contributed by atoms with Gasteiger partial charge in [-0.2, -0.15) is 5.10 Å². The third-order valence-electron chi connectivity index (χ3n) is 6.09. The second-order valence-electron chi connectivity index (χ2n) is 8.64. The van der Waals surface area contributed by atoms with Crippen molar-refractivity contribution in [3.05, 3.63) is 86.1 Å². The molecule has 0 amide bonds. The molecule has 2 atom stereocenters. The highest BCUT2D eigenvalue weighted by molar-refractivity contribution is 7.08. The van der Waals surface area contributed by atoms with Crippen molar-refractivity contribution < 1.29 is 4.74 Å². The first-order chi connectivity index (χ1) is 16.0. The molecule has 2 aromatic heterocycles. The number of aromatic nitrogens is 3. The van der Waals surface area contributed by atoms with Gasteiger partial charge in [-0.25, -0.2) is 5.10 Å². The maximum absolute atomic E-state index is 11.5. The maximum atomic E-state index is 11.5. The molecule has 1 aliphatic rings. The number of aromatic amines is 1. The Bertz CT molecular complexity index is 1300. The van der Waals surface area contributed by atoms with Crippen LogP contribution < -0.4 is 14.9 Å². The van der Waals surface area contributed by atoms with Crippen LogP contribution in [0.4, 0.5) is 0 Å². The molecule has 0 spiro atoms. The number of fused-ring (bicyclic) bond motifs is 1. The van der Waals surface area contributed by atoms with Crippen LogP contribution in [0.1, 0.15) is 27.7 Å². The molecule has 0 unspecified atom stereocenters. The SMILES string of the molecule is Cc1cc(COc2ccc(CN[C@@H]3CN(C)C[C@@H]3c3n[nH]c(=O)s3)cc2)c2ccccc2n1. The summed E-state index contributed by atoms with van der Waals surface area (Å²) in [5, 5.41) is 12.4. The van der Waals surface area contributed by atoms with Gasteiger partial charge in [0.05, 0.1) is 5.52 Å². The zero-order valence-electron chi connectivity index (χ0n) is 18.7. The summed E-state index contributed by atoms with van der Waals surface area (Å²) < 4.78 is 6.08. The van der Waals surface area contributed by atoms with E-state index in [1.807, 2.05) is 37.3 Å². The zero-order chi connectivity index (χ0) is 22.8. The number of pyridine rings is 1. The van der Waals surface area contributed by atoms with Gasteiger partial charge in [-0.3, -0.25) is 9.78 Å². The van der Waals surface area contributed by atoms with Crippen molar-refractivity contribution in [3.8, 4) is 5.75 Å². The number of hydrogen-bond donors (Lipinski definition) is 2. The van der Waals surface area contributed by atoms with Crippen molar-refractivity contribution in [2.24, 2.45) is 0 Å². The molecule has 2 N–H and O–H groups in total. The lowest BCUT2D eigenvalue weighted by Crippen LogP contribution is -2.34. The molecule has 1 saturated heterocycles. The molecule has 8 heteroatoms. The van der Waals surface area contributed by atoms with E-state index in [1.54, 1.807) is 0 Å². The quantitative estimate of drug-likeness (QED) is 0.439. The van der Waals surface area contributed by atoms with Crippen molar-refractivity contribution in [1.82, 2.24) is 25.4 Å². The summed E-state index contributed by atoms with van der Waals surface area (Å²) in [7, 11) is 2.10. The fraction of sp³-hybridized carbons (Fsp3) is 0.320. The van der Waals surface area contributed by atoms with E-state index in [1.165, 1.54) is 16.9 Å². The first-order valence-corrected chi connectivity index (χ1v) is 11.9. The number of hydrogen-bond acceptors (Lipinski definition) is 7. The summed E-state index contributed by atoms with van der Waals surface area (Å²) in [4.78, 5) is 18.3. The van der Waals surface area contributed by atoms with Gasteiger partial charge in [-0.1, -0.05) is 41.7 Å². The minimum atomic E-state index is -0.0937. The summed E-state index contributed by atoms with van der Waals surface area (Å²) in [5.41, 5.74) is 4.32. The van der Waals surface area contributed by atoms with Crippen LogP contribution in [-0.4, -0.2) is 46.3 Å². The number of aryl methyl sites for hydroxylation is 1. The van der Waals surface area contributed by atoms with E-state index < -0.39 is 0 Å². The van der Waals surface area contributed by atoms with Crippen molar-refractivity contribution in [2.45, 2.75) is 32.0 Å². The van der Waals surface area contributed by atoms with Crippen LogP contribution in [0, 0.1) is 6.92 Å². The maximum Gasteiger partial charge on any atom is 0.322 e. The third-order valence-corrected chi connectivity index (χ3v) is 6.97. The molecule has 0 bridgehead atoms. The largest absolute Gasteiger partial charge is 0.489 e. The van der Waals surface area contributed by atoms with Gasteiger partial charge >= 0.3 is 4.87 Å². The van der Waals surface area contributed by atoms with Crippen molar-refractivity contribution >= 4 is 22.2 Å². The molecule has 0 aliphatic carbocycles. The highest BCUT2D eigenvalue weighted by Crippen LogP contribution is 2.27. The molecule has 1 fully saturated rings. The Balaban J connectivity index is 1.20. The molecule has 0 radical (unpaired) electrons. The summed E-state index contributed by atoms with van der Waals surface area (Å²) in [6.07, 6.45) is 0. The van der Waals surface area contributed by atoms with Gasteiger partial charge < -0.3 is 15.0 Å². The van der Waals surface area contributed by atoms with Gasteiger partial charge in [0.15, 0.2) is 0 Å². The molecular weight excluding hydrogens is 434 g/mol. The van der Waals surface area contributed by atoms with Crippen LogP contribution in [0.25, 0.3) is 10.9 Å². The van der Waals surface area contributed by atoms with Gasteiger partial charge in [-0.15, -0.1) is 0 Å². The molecular formula is C25H27N5O2S. The van der Waals surface area contributed by atoms with Crippen LogP contribution in [0.15, 0.2) is 59.4 Å². The lowest BCUT2D eigenvalue weighted by atomic mass is 10.0. The van der Waals surface area contributed by atoms with Crippen LogP contribution in [0.3, 0.4) is 0 Å². The Hall–Kier alpha value is -3.07. The minimum Gasteiger partial charge on any atom is -0.489 e. The molecule has 5 rings (SSSR count). The van der Waals surface area contributed by atoms with E-state index in [0.29, 0.717) is 6.61 Å². The molecule has 7 nitrogen and oxygen atoms in total. The fourth-order valence-electron chi connectivity index (χ4n) is 4.49. The van der Waals surface area contributed by atoms with Crippen LogP contribution in [0.5, 0.6) is 5.75 Å². The van der Waals surface area contributed by atoms with Crippen molar-refractivity contribution in [3.63, 3.8) is 0 Å². The number of likely N-dealkylation sites (N-methyl/N-ethyl adjacent to an activating group) is 1. The number of nitrogens with one attached hydrogen (secondary N) is 2. The fourth-order valence-corrected chi connectivity index (χ4v) is 5.25. The Kier molecular flexibility index (Phi) is 6.22. The second-order valence-corrected chi connectivity index (χ2v) is 9.63. The van der Waals surface area contributed by atoms with E-state index in [0.717, 1.165) is 52.6 Å². The zero-order valence-corrected chi connectivity index (χ0v) is 19.6. The lowest BCUT2D eigenvalue weighted by molar-refractivity contribution is 0.307. The number of ether oxygens (including phenoxy) is 1. The average Bonchev–Trinajstić information content (AvgIpc) is 3.41. The molecule has 170 valence electrons. The van der Waals surface area contributed by atoms with Crippen LogP contribution >= 0.6 is 11.3 Å². The summed E-state index contributed by atoms with van der Waals surface area (Å²) in [6, 6.07) is 18.7. The summed E-state index contributed by atoms with van der Waals surface area (Å²) >= 11 is 1.21. The predicted molar refractivity (Wildman–Crippen MR) is 131 cm³/mol. The number of likely N-dealkylation sites (tertiary alicyclic amines) is 1. The molecule has 33 heavy (non-hydrogen) atoms. The highest BCUT2D eigenvalue weighted by Gasteiger charge is 2.33. The van der Waals surface area contributed by atoms with Gasteiger partial charge in [-0.05, 0) is 43.8 Å². The van der Waals surface area contributed by atoms with Crippen molar-refractivity contribution in [1.29, 1.82) is 0 Å². The second kappa shape index (κ2) is 9.43. The van der Waals surface area contributed by atoms with E-state index in [9.17, 15) is 4.79 Å². The summed E-state index contributed by atoms with van der Waals surface area (Å²) in [6.45, 7) is 5.09. The number of benzene rings is 2. The Morgan fingerprint density at radius 1 is 1.18 bits per heavy atom. The van der Waals surface area contributed by atoms with E-state index in [-0.39, 0.29) is 16.8 Å². The highest BCUT2D eigenvalue weighted by atomic mass is 32.1. The van der Waals surface area contributed by atoms with Gasteiger partial charge in [0, 0.05) is 48.2 Å². The normalized spacial score (nSPS) is 18.7. The van der Waals surface area contributed by atoms with E-state index in [2.05, 4.69) is 56.7 Å². The number of nitrogens with zero attached hydrogens (tertiary/aromatic N) is 3. The smallest absolute Gasteiger partial charge is 0.322 e. The number of para-hydroxylation sites is 1. The van der Waals surface area contributed by atoms with Gasteiger partial charge in [0.2, 0.25) is 0 Å². The third kappa shape index (κ3) is 4.98. The molecule has 0 saturated carbocycles. The first kappa shape index (κ1) is 21.8. The number of H-pyrrole nitrogens is 1. The molecule has 3 heterocycles. The minimum absolute atomic E-state index is 0.0937.